The highest BCUT2D eigenvalue weighted by molar-refractivity contribution is 8.26. The lowest BCUT2D eigenvalue weighted by Crippen LogP contribution is -2.30. The standard InChI is InChI=1S/C23H23NO4S2/c1-3-27-21(25)12-13-24-22(26)20(30-23(24)29)14-17-9-6-7-11-19(17)28-15-18-10-5-4-8-16(18)2/h4-11,14H,3,12-13,15H2,1-2H3/b20-14+. The van der Waals surface area contributed by atoms with E-state index in [0.717, 1.165) is 16.7 Å². The SMILES string of the molecule is CCOC(=O)CCN1C(=O)/C(=C\c2ccccc2OCc2ccccc2C)SC1=S. The van der Waals surface area contributed by atoms with Crippen molar-refractivity contribution in [2.75, 3.05) is 13.2 Å². The van der Waals surface area contributed by atoms with Gasteiger partial charge in [0.25, 0.3) is 5.91 Å². The second kappa shape index (κ2) is 10.4. The molecule has 0 aliphatic carbocycles. The van der Waals surface area contributed by atoms with Gasteiger partial charge in [0, 0.05) is 12.1 Å². The third kappa shape index (κ3) is 5.49. The number of hydrogen-bond acceptors (Lipinski definition) is 6. The van der Waals surface area contributed by atoms with E-state index in [-0.39, 0.29) is 24.8 Å². The molecule has 0 unspecified atom stereocenters. The lowest BCUT2D eigenvalue weighted by Gasteiger charge is -2.13. The van der Waals surface area contributed by atoms with Crippen LogP contribution in [-0.4, -0.2) is 34.2 Å². The number of aryl methyl sites for hydroxylation is 1. The first kappa shape index (κ1) is 22.1. The number of rotatable bonds is 8. The Hall–Kier alpha value is -2.64. The zero-order valence-corrected chi connectivity index (χ0v) is 18.6. The van der Waals surface area contributed by atoms with Gasteiger partial charge in [0.15, 0.2) is 0 Å². The van der Waals surface area contributed by atoms with E-state index >= 15 is 0 Å². The lowest BCUT2D eigenvalue weighted by molar-refractivity contribution is -0.143. The molecule has 3 rings (SSSR count). The largest absolute Gasteiger partial charge is 0.488 e. The highest BCUT2D eigenvalue weighted by Crippen LogP contribution is 2.34. The van der Waals surface area contributed by atoms with Gasteiger partial charge in [-0.1, -0.05) is 66.4 Å². The molecular formula is C23H23NO4S2. The number of nitrogens with zero attached hydrogens (tertiary/aromatic N) is 1. The fourth-order valence-electron chi connectivity index (χ4n) is 2.93. The van der Waals surface area contributed by atoms with Crippen LogP contribution in [-0.2, 0) is 20.9 Å². The summed E-state index contributed by atoms with van der Waals surface area (Å²) in [4.78, 5) is 26.3. The number of benzene rings is 2. The summed E-state index contributed by atoms with van der Waals surface area (Å²) in [6.45, 7) is 4.77. The van der Waals surface area contributed by atoms with Crippen molar-refractivity contribution in [3.63, 3.8) is 0 Å². The van der Waals surface area contributed by atoms with Gasteiger partial charge in [0.05, 0.1) is 17.9 Å². The van der Waals surface area contributed by atoms with Crippen molar-refractivity contribution in [3.05, 3.63) is 70.1 Å². The predicted octanol–water partition coefficient (Wildman–Crippen LogP) is 4.73. The molecule has 1 saturated heterocycles. The second-order valence-corrected chi connectivity index (χ2v) is 8.32. The molecule has 0 saturated carbocycles. The van der Waals surface area contributed by atoms with Crippen LogP contribution in [0.25, 0.3) is 6.08 Å². The number of para-hydroxylation sites is 1. The highest BCUT2D eigenvalue weighted by atomic mass is 32.2. The van der Waals surface area contributed by atoms with Crippen molar-refractivity contribution < 1.29 is 19.1 Å². The number of thioether (sulfide) groups is 1. The zero-order chi connectivity index (χ0) is 21.5. The summed E-state index contributed by atoms with van der Waals surface area (Å²) >= 11 is 6.56. The lowest BCUT2D eigenvalue weighted by atomic mass is 10.1. The van der Waals surface area contributed by atoms with Gasteiger partial charge in [-0.3, -0.25) is 14.5 Å². The number of ether oxygens (including phenoxy) is 2. The first-order chi connectivity index (χ1) is 14.5. The minimum absolute atomic E-state index is 0.115. The zero-order valence-electron chi connectivity index (χ0n) is 16.9. The molecule has 30 heavy (non-hydrogen) atoms. The maximum Gasteiger partial charge on any atom is 0.307 e. The van der Waals surface area contributed by atoms with Crippen molar-refractivity contribution >= 4 is 46.3 Å². The van der Waals surface area contributed by atoms with Crippen molar-refractivity contribution in [3.8, 4) is 5.75 Å². The molecular weight excluding hydrogens is 418 g/mol. The molecule has 5 nitrogen and oxygen atoms in total. The molecule has 156 valence electrons. The van der Waals surface area contributed by atoms with E-state index in [1.165, 1.54) is 16.7 Å². The predicted molar refractivity (Wildman–Crippen MR) is 123 cm³/mol. The Kier molecular flexibility index (Phi) is 7.65. The van der Waals surface area contributed by atoms with E-state index in [2.05, 4.69) is 0 Å². The van der Waals surface area contributed by atoms with Crippen molar-refractivity contribution in [1.29, 1.82) is 0 Å². The smallest absolute Gasteiger partial charge is 0.307 e. The quantitative estimate of drug-likeness (QED) is 0.335. The van der Waals surface area contributed by atoms with Crippen LogP contribution < -0.4 is 4.74 Å². The molecule has 2 aromatic rings. The average molecular weight is 442 g/mol. The molecule has 0 radical (unpaired) electrons. The number of carbonyl (C=O) groups excluding carboxylic acids is 2. The monoisotopic (exact) mass is 441 g/mol. The van der Waals surface area contributed by atoms with E-state index in [1.807, 2.05) is 55.5 Å². The van der Waals surface area contributed by atoms with Gasteiger partial charge >= 0.3 is 5.97 Å². The molecule has 1 amide bonds. The average Bonchev–Trinajstić information content (AvgIpc) is 2.99. The van der Waals surface area contributed by atoms with Gasteiger partial charge in [-0.2, -0.15) is 0 Å². The van der Waals surface area contributed by atoms with Crippen molar-refractivity contribution in [2.45, 2.75) is 26.9 Å². The molecule has 0 aromatic heterocycles. The molecule has 1 heterocycles. The number of carbonyl (C=O) groups is 2. The first-order valence-electron chi connectivity index (χ1n) is 9.67. The van der Waals surface area contributed by atoms with Crippen molar-refractivity contribution in [2.24, 2.45) is 0 Å². The third-order valence-corrected chi connectivity index (χ3v) is 5.95. The molecule has 7 heteroatoms. The number of thiocarbonyl (C=S) groups is 1. The van der Waals surface area contributed by atoms with E-state index in [1.54, 1.807) is 13.0 Å². The summed E-state index contributed by atoms with van der Waals surface area (Å²) in [6.07, 6.45) is 1.90. The normalized spacial score (nSPS) is 15.0. The Labute approximate surface area is 186 Å². The van der Waals surface area contributed by atoms with Gasteiger partial charge in [-0.15, -0.1) is 0 Å². The fourth-order valence-corrected chi connectivity index (χ4v) is 4.23. The van der Waals surface area contributed by atoms with Gasteiger partial charge in [-0.05, 0) is 37.1 Å². The Morgan fingerprint density at radius 2 is 1.90 bits per heavy atom. The topological polar surface area (TPSA) is 55.8 Å². The van der Waals surface area contributed by atoms with E-state index < -0.39 is 0 Å². The minimum Gasteiger partial charge on any atom is -0.488 e. The Morgan fingerprint density at radius 1 is 1.17 bits per heavy atom. The van der Waals surface area contributed by atoms with Gasteiger partial charge in [-0.25, -0.2) is 0 Å². The van der Waals surface area contributed by atoms with E-state index in [0.29, 0.717) is 28.2 Å². The van der Waals surface area contributed by atoms with Crippen LogP contribution in [0.1, 0.15) is 30.0 Å². The van der Waals surface area contributed by atoms with Crippen LogP contribution in [0.4, 0.5) is 0 Å². The summed E-state index contributed by atoms with van der Waals surface area (Å²) in [6, 6.07) is 15.6. The van der Waals surface area contributed by atoms with Crippen LogP contribution in [0.2, 0.25) is 0 Å². The van der Waals surface area contributed by atoms with Crippen LogP contribution in [0, 0.1) is 6.92 Å². The fraction of sp³-hybridized carbons (Fsp3) is 0.261. The molecule has 0 bridgehead atoms. The summed E-state index contributed by atoms with van der Waals surface area (Å²) in [7, 11) is 0. The molecule has 0 N–H and O–H groups in total. The minimum atomic E-state index is -0.342. The van der Waals surface area contributed by atoms with Crippen molar-refractivity contribution in [1.82, 2.24) is 4.90 Å². The van der Waals surface area contributed by atoms with Crippen LogP contribution in [0.15, 0.2) is 53.4 Å². The van der Waals surface area contributed by atoms with E-state index in [4.69, 9.17) is 21.7 Å². The molecule has 0 atom stereocenters. The number of hydrogen-bond donors (Lipinski definition) is 0. The first-order valence-corrected chi connectivity index (χ1v) is 10.9. The Morgan fingerprint density at radius 3 is 2.67 bits per heavy atom. The van der Waals surface area contributed by atoms with Crippen LogP contribution >= 0.6 is 24.0 Å². The van der Waals surface area contributed by atoms with Crippen LogP contribution in [0.3, 0.4) is 0 Å². The van der Waals surface area contributed by atoms with Gasteiger partial charge in [0.1, 0.15) is 16.7 Å². The molecule has 2 aromatic carbocycles. The molecule has 1 fully saturated rings. The third-order valence-electron chi connectivity index (χ3n) is 4.57. The molecule has 0 spiro atoms. The number of esters is 1. The summed E-state index contributed by atoms with van der Waals surface area (Å²) in [5, 5.41) is 0. The summed E-state index contributed by atoms with van der Waals surface area (Å²) < 4.78 is 11.4. The second-order valence-electron chi connectivity index (χ2n) is 6.64. The maximum absolute atomic E-state index is 12.8. The Balaban J connectivity index is 1.72. The van der Waals surface area contributed by atoms with Gasteiger partial charge < -0.3 is 9.47 Å². The van der Waals surface area contributed by atoms with Crippen LogP contribution in [0.5, 0.6) is 5.75 Å². The van der Waals surface area contributed by atoms with E-state index in [9.17, 15) is 9.59 Å². The molecule has 1 aliphatic rings. The Bertz CT molecular complexity index is 987. The maximum atomic E-state index is 12.8. The highest BCUT2D eigenvalue weighted by Gasteiger charge is 2.32. The summed E-state index contributed by atoms with van der Waals surface area (Å²) in [5.74, 6) is 0.144. The number of amides is 1. The molecule has 1 aliphatic heterocycles. The van der Waals surface area contributed by atoms with Gasteiger partial charge in [0.2, 0.25) is 0 Å². The summed E-state index contributed by atoms with van der Waals surface area (Å²) in [5.41, 5.74) is 3.08.